The fraction of sp³-hybridized carbons (Fsp3) is 0.0952. The fourth-order valence-electron chi connectivity index (χ4n) is 2.98. The summed E-state index contributed by atoms with van der Waals surface area (Å²) in [6, 6.07) is 15.1. The minimum atomic E-state index is -1.13. The molecule has 2 aromatic carbocycles. The average molecular weight is 423 g/mol. The standard InChI is InChI=1S/C21H15ClN4O4/c22-14-5-6-19(16(12-14)13-7-8-23-18(11-13)21(28)29)30-10-9-26-20(27)15-3-1-2-4-17(15)24-25-26/h1-8,11-12H,9-10H2,(H,28,29). The Labute approximate surface area is 175 Å². The van der Waals surface area contributed by atoms with Crippen LogP contribution in [0.1, 0.15) is 10.5 Å². The smallest absolute Gasteiger partial charge is 0.354 e. The predicted molar refractivity (Wildman–Crippen MR) is 111 cm³/mol. The van der Waals surface area contributed by atoms with E-state index in [4.69, 9.17) is 16.3 Å². The summed E-state index contributed by atoms with van der Waals surface area (Å²) in [5.41, 5.74) is 1.41. The summed E-state index contributed by atoms with van der Waals surface area (Å²) in [5, 5.41) is 18.1. The second-order valence-electron chi connectivity index (χ2n) is 6.36. The third kappa shape index (κ3) is 3.99. The van der Waals surface area contributed by atoms with E-state index in [1.165, 1.54) is 16.9 Å². The molecule has 9 heteroatoms. The number of benzene rings is 2. The van der Waals surface area contributed by atoms with Crippen molar-refractivity contribution in [2.75, 3.05) is 6.61 Å². The van der Waals surface area contributed by atoms with Gasteiger partial charge in [-0.15, -0.1) is 5.10 Å². The van der Waals surface area contributed by atoms with Gasteiger partial charge in [0.05, 0.1) is 11.9 Å². The highest BCUT2D eigenvalue weighted by Gasteiger charge is 2.12. The van der Waals surface area contributed by atoms with Crippen molar-refractivity contribution in [3.63, 3.8) is 0 Å². The molecule has 4 aromatic rings. The van der Waals surface area contributed by atoms with Gasteiger partial charge in [-0.25, -0.2) is 14.5 Å². The Bertz CT molecular complexity index is 1310. The molecule has 0 saturated heterocycles. The molecule has 0 unspecified atom stereocenters. The van der Waals surface area contributed by atoms with E-state index in [9.17, 15) is 14.7 Å². The summed E-state index contributed by atoms with van der Waals surface area (Å²) in [4.78, 5) is 27.6. The van der Waals surface area contributed by atoms with Gasteiger partial charge < -0.3 is 9.84 Å². The van der Waals surface area contributed by atoms with Crippen molar-refractivity contribution in [3.8, 4) is 16.9 Å². The maximum Gasteiger partial charge on any atom is 0.354 e. The quantitative estimate of drug-likeness (QED) is 0.508. The zero-order chi connectivity index (χ0) is 21.1. The van der Waals surface area contributed by atoms with Gasteiger partial charge >= 0.3 is 5.97 Å². The average Bonchev–Trinajstić information content (AvgIpc) is 2.76. The molecule has 0 radical (unpaired) electrons. The fourth-order valence-corrected chi connectivity index (χ4v) is 3.15. The summed E-state index contributed by atoms with van der Waals surface area (Å²) in [5.74, 6) is -0.640. The van der Waals surface area contributed by atoms with E-state index in [1.807, 2.05) is 0 Å². The van der Waals surface area contributed by atoms with E-state index in [2.05, 4.69) is 15.3 Å². The van der Waals surface area contributed by atoms with Gasteiger partial charge in [0, 0.05) is 16.8 Å². The van der Waals surface area contributed by atoms with Crippen LogP contribution in [-0.2, 0) is 6.54 Å². The summed E-state index contributed by atoms with van der Waals surface area (Å²) < 4.78 is 7.11. The van der Waals surface area contributed by atoms with E-state index in [0.29, 0.717) is 32.8 Å². The van der Waals surface area contributed by atoms with Crippen molar-refractivity contribution >= 4 is 28.5 Å². The molecule has 0 amide bonds. The number of ether oxygens (including phenoxy) is 1. The molecular weight excluding hydrogens is 408 g/mol. The van der Waals surface area contributed by atoms with Crippen molar-refractivity contribution in [3.05, 3.63) is 81.9 Å². The highest BCUT2D eigenvalue weighted by Crippen LogP contribution is 2.32. The lowest BCUT2D eigenvalue weighted by Crippen LogP contribution is -2.26. The van der Waals surface area contributed by atoms with Gasteiger partial charge in [-0.05, 0) is 48.0 Å². The molecule has 0 fully saturated rings. The Morgan fingerprint density at radius 1 is 1.13 bits per heavy atom. The van der Waals surface area contributed by atoms with Crippen LogP contribution in [0.25, 0.3) is 22.0 Å². The monoisotopic (exact) mass is 422 g/mol. The topological polar surface area (TPSA) is 107 Å². The number of nitrogens with zero attached hydrogens (tertiary/aromatic N) is 4. The van der Waals surface area contributed by atoms with Gasteiger partial charge in [-0.1, -0.05) is 28.9 Å². The van der Waals surface area contributed by atoms with Crippen molar-refractivity contribution in [2.45, 2.75) is 6.54 Å². The van der Waals surface area contributed by atoms with Gasteiger partial charge in [0.1, 0.15) is 23.6 Å². The molecule has 0 aliphatic carbocycles. The molecule has 2 heterocycles. The molecule has 8 nitrogen and oxygen atoms in total. The summed E-state index contributed by atoms with van der Waals surface area (Å²) in [6.45, 7) is 0.341. The van der Waals surface area contributed by atoms with Gasteiger partial charge in [0.25, 0.3) is 5.56 Å². The lowest BCUT2D eigenvalue weighted by molar-refractivity contribution is 0.0690. The largest absolute Gasteiger partial charge is 0.491 e. The summed E-state index contributed by atoms with van der Waals surface area (Å²) >= 11 is 6.12. The summed E-state index contributed by atoms with van der Waals surface area (Å²) in [7, 11) is 0. The first kappa shape index (κ1) is 19.5. The van der Waals surface area contributed by atoms with Gasteiger partial charge in [0.15, 0.2) is 0 Å². The molecule has 0 aliphatic rings. The molecule has 0 aliphatic heterocycles. The van der Waals surface area contributed by atoms with Gasteiger partial charge in [-0.3, -0.25) is 4.79 Å². The number of hydrogen-bond acceptors (Lipinski definition) is 6. The summed E-state index contributed by atoms with van der Waals surface area (Å²) in [6.07, 6.45) is 1.41. The number of fused-ring (bicyclic) bond motifs is 1. The molecule has 0 atom stereocenters. The SMILES string of the molecule is O=C(O)c1cc(-c2cc(Cl)ccc2OCCn2nnc3ccccc3c2=O)ccn1. The number of carboxylic acids is 1. The first-order valence-electron chi connectivity index (χ1n) is 8.97. The molecule has 0 bridgehead atoms. The second-order valence-corrected chi connectivity index (χ2v) is 6.80. The normalized spacial score (nSPS) is 10.8. The molecule has 0 spiro atoms. The minimum absolute atomic E-state index is 0.0867. The van der Waals surface area contributed by atoms with Crippen molar-refractivity contribution in [2.24, 2.45) is 0 Å². The van der Waals surface area contributed by atoms with Gasteiger partial charge in [-0.2, -0.15) is 0 Å². The first-order chi connectivity index (χ1) is 14.5. The number of halogens is 1. The van der Waals surface area contributed by atoms with Crippen LogP contribution in [0.2, 0.25) is 5.02 Å². The molecule has 0 saturated carbocycles. The maximum atomic E-state index is 12.5. The molecule has 4 rings (SSSR count). The van der Waals surface area contributed by atoms with Crippen LogP contribution >= 0.6 is 11.6 Å². The predicted octanol–water partition coefficient (Wildman–Crippen LogP) is 3.28. The van der Waals surface area contributed by atoms with Crippen molar-refractivity contribution in [1.29, 1.82) is 0 Å². The van der Waals surface area contributed by atoms with E-state index in [0.717, 1.165) is 0 Å². The third-order valence-electron chi connectivity index (χ3n) is 4.42. The molecule has 150 valence electrons. The molecule has 30 heavy (non-hydrogen) atoms. The van der Waals surface area contributed by atoms with Gasteiger partial charge in [0.2, 0.25) is 0 Å². The minimum Gasteiger partial charge on any atom is -0.491 e. The lowest BCUT2D eigenvalue weighted by atomic mass is 10.0. The van der Waals surface area contributed by atoms with Crippen LogP contribution in [0, 0.1) is 0 Å². The Kier molecular flexibility index (Phi) is 5.40. The van der Waals surface area contributed by atoms with E-state index < -0.39 is 5.97 Å². The van der Waals surface area contributed by atoms with Crippen molar-refractivity contribution in [1.82, 2.24) is 20.0 Å². The number of rotatable bonds is 6. The number of carboxylic acid groups (broad SMARTS) is 1. The van der Waals surface area contributed by atoms with Crippen LogP contribution in [0.15, 0.2) is 65.6 Å². The number of hydrogen-bond donors (Lipinski definition) is 1. The number of pyridine rings is 1. The number of carbonyl (C=O) groups is 1. The Balaban J connectivity index is 1.58. The van der Waals surface area contributed by atoms with E-state index in [1.54, 1.807) is 48.5 Å². The maximum absolute atomic E-state index is 12.5. The lowest BCUT2D eigenvalue weighted by Gasteiger charge is -2.13. The van der Waals surface area contributed by atoms with E-state index in [-0.39, 0.29) is 24.4 Å². The number of aromatic carboxylic acids is 1. The van der Waals surface area contributed by atoms with Crippen LogP contribution in [-0.4, -0.2) is 37.7 Å². The zero-order valence-corrected chi connectivity index (χ0v) is 16.3. The molecular formula is C21H15ClN4O4. The first-order valence-corrected chi connectivity index (χ1v) is 9.35. The van der Waals surface area contributed by atoms with Crippen molar-refractivity contribution < 1.29 is 14.6 Å². The Hall–Kier alpha value is -3.78. The highest BCUT2D eigenvalue weighted by molar-refractivity contribution is 6.31. The van der Waals surface area contributed by atoms with Crippen LogP contribution in [0.3, 0.4) is 0 Å². The van der Waals surface area contributed by atoms with E-state index >= 15 is 0 Å². The van der Waals surface area contributed by atoms with Crippen LogP contribution in [0.4, 0.5) is 0 Å². The number of aromatic nitrogens is 4. The Morgan fingerprint density at radius 3 is 2.80 bits per heavy atom. The molecule has 1 N–H and O–H groups in total. The molecule has 2 aromatic heterocycles. The third-order valence-corrected chi connectivity index (χ3v) is 4.66. The Morgan fingerprint density at radius 2 is 1.97 bits per heavy atom. The second kappa shape index (κ2) is 8.30. The highest BCUT2D eigenvalue weighted by atomic mass is 35.5. The van der Waals surface area contributed by atoms with Crippen LogP contribution < -0.4 is 10.3 Å². The zero-order valence-electron chi connectivity index (χ0n) is 15.5. The van der Waals surface area contributed by atoms with Crippen LogP contribution in [0.5, 0.6) is 5.75 Å².